The van der Waals surface area contributed by atoms with E-state index in [-0.39, 0.29) is 6.42 Å². The number of nitrogens with one attached hydrogen (secondary N) is 1. The Kier molecular flexibility index (Phi) is 8.63. The first-order chi connectivity index (χ1) is 9.91. The zero-order valence-electron chi connectivity index (χ0n) is 13.1. The van der Waals surface area contributed by atoms with E-state index >= 15 is 0 Å². The van der Waals surface area contributed by atoms with E-state index in [2.05, 4.69) is 13.1 Å². The molecule has 5 nitrogen and oxygen atoms in total. The quantitative estimate of drug-likeness (QED) is 0.478. The van der Waals surface area contributed by atoms with Crippen LogP contribution in [0.1, 0.15) is 38.5 Å². The van der Waals surface area contributed by atoms with Crippen LogP contribution in [-0.4, -0.2) is 35.3 Å². The van der Waals surface area contributed by atoms with Crippen molar-refractivity contribution in [2.24, 2.45) is 0 Å². The molecule has 1 N–H and O–H groups in total. The largest absolute Gasteiger partial charge is 0.516 e. The number of carbonyl (C=O) groups excluding carboxylic acids is 1. The van der Waals surface area contributed by atoms with E-state index in [0.29, 0.717) is 12.8 Å². The number of halogens is 3. The molecule has 0 atom stereocenters. The van der Waals surface area contributed by atoms with Crippen LogP contribution in [0.5, 0.6) is 0 Å². The van der Waals surface area contributed by atoms with Crippen LogP contribution in [0.3, 0.4) is 0 Å². The highest BCUT2D eigenvalue weighted by molar-refractivity contribution is 7.90. The summed E-state index contributed by atoms with van der Waals surface area (Å²) in [5.74, 6) is -1.12. The van der Waals surface area contributed by atoms with Crippen LogP contribution in [0.4, 0.5) is 13.2 Å². The maximum absolute atomic E-state index is 12.0. The monoisotopic (exact) mass is 363 g/mol. The second kappa shape index (κ2) is 8.87. The molecule has 0 aromatic carbocycles. The van der Waals surface area contributed by atoms with Gasteiger partial charge in [-0.25, -0.2) is 4.72 Å². The Morgan fingerprint density at radius 1 is 1.09 bits per heavy atom. The maximum atomic E-state index is 12.0. The summed E-state index contributed by atoms with van der Waals surface area (Å²) in [6.45, 7) is 4.25. The van der Waals surface area contributed by atoms with E-state index in [1.54, 1.807) is 7.11 Å². The van der Waals surface area contributed by atoms with Crippen molar-refractivity contribution >= 4 is 24.2 Å². The predicted octanol–water partition coefficient (Wildman–Crippen LogP) is 3.14. The summed E-state index contributed by atoms with van der Waals surface area (Å²) >= 11 is 0. The van der Waals surface area contributed by atoms with Gasteiger partial charge >= 0.3 is 15.5 Å². The first kappa shape index (κ1) is 21.4. The van der Waals surface area contributed by atoms with Crippen LogP contribution >= 0.6 is 0 Å². The molecule has 0 spiro atoms. The minimum atomic E-state index is -5.58. The highest BCUT2D eigenvalue weighted by atomic mass is 32.2. The van der Waals surface area contributed by atoms with Gasteiger partial charge in [0, 0.05) is 13.5 Å². The van der Waals surface area contributed by atoms with Crippen LogP contribution in [0.25, 0.3) is 0 Å². The van der Waals surface area contributed by atoms with Crippen molar-refractivity contribution in [3.8, 4) is 0 Å². The minimum absolute atomic E-state index is 0.229. The summed E-state index contributed by atoms with van der Waals surface area (Å²) in [6.07, 6.45) is 3.64. The summed E-state index contributed by atoms with van der Waals surface area (Å²) in [5, 5.41) is 0. The van der Waals surface area contributed by atoms with Crippen molar-refractivity contribution in [3.63, 3.8) is 0 Å². The molecule has 0 heterocycles. The normalized spacial score (nSPS) is 13.2. The van der Waals surface area contributed by atoms with Gasteiger partial charge in [-0.15, -0.1) is 0 Å². The summed E-state index contributed by atoms with van der Waals surface area (Å²) in [4.78, 5) is 11.2. The third-order valence-electron chi connectivity index (χ3n) is 3.29. The highest BCUT2D eigenvalue weighted by Crippen LogP contribution is 2.21. The Morgan fingerprint density at radius 3 is 2.09 bits per heavy atom. The molecular weight excluding hydrogens is 339 g/mol. The van der Waals surface area contributed by atoms with Crippen LogP contribution in [-0.2, 0) is 19.2 Å². The van der Waals surface area contributed by atoms with Crippen molar-refractivity contribution < 1.29 is 30.8 Å². The zero-order chi connectivity index (χ0) is 17.4. The topological polar surface area (TPSA) is 72.5 Å². The molecule has 22 heavy (non-hydrogen) atoms. The molecule has 0 saturated heterocycles. The number of sulfonamides is 1. The lowest BCUT2D eigenvalue weighted by Crippen LogP contribution is -2.40. The lowest BCUT2D eigenvalue weighted by atomic mass is 10.1. The third kappa shape index (κ3) is 8.74. The molecule has 1 amide bonds. The number of hydrogen-bond acceptors (Lipinski definition) is 4. The molecule has 0 rings (SSSR count). The fraction of sp³-hybridized carbons (Fsp3) is 0.917. The van der Waals surface area contributed by atoms with Gasteiger partial charge in [0.15, 0.2) is 8.32 Å². The van der Waals surface area contributed by atoms with Gasteiger partial charge in [-0.3, -0.25) is 4.79 Å². The fourth-order valence-corrected chi connectivity index (χ4v) is 3.55. The highest BCUT2D eigenvalue weighted by Gasteiger charge is 2.46. The predicted molar refractivity (Wildman–Crippen MR) is 80.1 cm³/mol. The zero-order valence-corrected chi connectivity index (χ0v) is 14.9. The van der Waals surface area contributed by atoms with E-state index in [1.807, 2.05) is 0 Å². The van der Waals surface area contributed by atoms with Crippen LogP contribution in [0, 0.1) is 0 Å². The lowest BCUT2D eigenvalue weighted by Gasteiger charge is -2.19. The minimum Gasteiger partial charge on any atom is -0.420 e. The van der Waals surface area contributed by atoms with Gasteiger partial charge < -0.3 is 4.43 Å². The standard InChI is InChI=1S/C12H24F3NO4SSi/c1-20-22(2,3)10-8-6-4-5-7-9-11(17)16-21(18,19)12(13,14)15/h4-10H2,1-3H3,(H,16,17). The van der Waals surface area contributed by atoms with Crippen LogP contribution < -0.4 is 4.72 Å². The Morgan fingerprint density at radius 2 is 1.59 bits per heavy atom. The van der Waals surface area contributed by atoms with E-state index in [9.17, 15) is 26.4 Å². The Labute approximate surface area is 130 Å². The first-order valence-electron chi connectivity index (χ1n) is 7.08. The van der Waals surface area contributed by atoms with Crippen molar-refractivity contribution in [2.45, 2.75) is 63.2 Å². The van der Waals surface area contributed by atoms with Gasteiger partial charge in [-0.05, 0) is 25.6 Å². The second-order valence-electron chi connectivity index (χ2n) is 5.71. The second-order valence-corrected chi connectivity index (χ2v) is 11.8. The number of rotatable bonds is 10. The fourth-order valence-electron chi connectivity index (χ4n) is 1.73. The third-order valence-corrected chi connectivity index (χ3v) is 7.06. The molecule has 0 radical (unpaired) electrons. The van der Waals surface area contributed by atoms with Gasteiger partial charge in [0.1, 0.15) is 0 Å². The number of hydrogen-bond donors (Lipinski definition) is 1. The van der Waals surface area contributed by atoms with Crippen molar-refractivity contribution in [3.05, 3.63) is 0 Å². The molecule has 0 fully saturated rings. The molecule has 0 aromatic rings. The van der Waals surface area contributed by atoms with Gasteiger partial charge in [0.05, 0.1) is 0 Å². The van der Waals surface area contributed by atoms with Gasteiger partial charge in [0.2, 0.25) is 5.91 Å². The van der Waals surface area contributed by atoms with Gasteiger partial charge in [-0.2, -0.15) is 21.6 Å². The van der Waals surface area contributed by atoms with Gasteiger partial charge in [-0.1, -0.05) is 25.7 Å². The maximum Gasteiger partial charge on any atom is 0.516 e. The number of unbranched alkanes of at least 4 members (excludes halogenated alkanes) is 4. The molecular formula is C12H24F3NO4SSi. The smallest absolute Gasteiger partial charge is 0.420 e. The van der Waals surface area contributed by atoms with Crippen molar-refractivity contribution in [1.29, 1.82) is 0 Å². The van der Waals surface area contributed by atoms with Crippen molar-refractivity contribution in [1.82, 2.24) is 4.72 Å². The molecule has 0 aliphatic rings. The molecule has 132 valence electrons. The summed E-state index contributed by atoms with van der Waals surface area (Å²) in [7, 11) is -5.41. The number of alkyl halides is 3. The Bertz CT molecular complexity index is 452. The molecule has 10 heteroatoms. The molecule has 0 aromatic heterocycles. The van der Waals surface area contributed by atoms with Crippen LogP contribution in [0.2, 0.25) is 19.1 Å². The Hall–Kier alpha value is -0.613. The van der Waals surface area contributed by atoms with E-state index in [4.69, 9.17) is 4.43 Å². The lowest BCUT2D eigenvalue weighted by molar-refractivity contribution is -0.120. The van der Waals surface area contributed by atoms with E-state index in [1.165, 1.54) is 0 Å². The van der Waals surface area contributed by atoms with Crippen LogP contribution in [0.15, 0.2) is 0 Å². The summed E-state index contributed by atoms with van der Waals surface area (Å²) in [6, 6.07) is 1.04. The molecule has 0 unspecified atom stereocenters. The average molecular weight is 363 g/mol. The molecule has 0 saturated carbocycles. The first-order valence-corrected chi connectivity index (χ1v) is 11.7. The molecule has 0 bridgehead atoms. The number of amides is 1. The van der Waals surface area contributed by atoms with Crippen molar-refractivity contribution in [2.75, 3.05) is 7.11 Å². The molecule has 0 aliphatic heterocycles. The average Bonchev–Trinajstić information content (AvgIpc) is 2.35. The number of carbonyl (C=O) groups is 1. The Balaban J connectivity index is 3.79. The van der Waals surface area contributed by atoms with Gasteiger partial charge in [0.25, 0.3) is 0 Å². The van der Waals surface area contributed by atoms with E-state index < -0.39 is 29.8 Å². The van der Waals surface area contributed by atoms with E-state index in [0.717, 1.165) is 30.0 Å². The SMILES string of the molecule is CO[Si](C)(C)CCCCCCCC(=O)NS(=O)(=O)C(F)(F)F. The summed E-state index contributed by atoms with van der Waals surface area (Å²) in [5.41, 5.74) is -5.46. The molecule has 0 aliphatic carbocycles. The summed E-state index contributed by atoms with van der Waals surface area (Å²) < 4.78 is 63.9.